The molecule has 19 heavy (non-hydrogen) atoms. The normalized spacial score (nSPS) is 23.4. The summed E-state index contributed by atoms with van der Waals surface area (Å²) in [5.74, 6) is -0.511. The van der Waals surface area contributed by atoms with Crippen LogP contribution in [0.4, 0.5) is 0 Å². The fourth-order valence-electron chi connectivity index (χ4n) is 2.19. The lowest BCUT2D eigenvalue weighted by Gasteiger charge is -2.33. The summed E-state index contributed by atoms with van der Waals surface area (Å²) < 4.78 is 5.36. The highest BCUT2D eigenvalue weighted by Gasteiger charge is 2.47. The number of nitrogens with zero attached hydrogens (tertiary/aromatic N) is 1. The van der Waals surface area contributed by atoms with E-state index in [2.05, 4.69) is 0 Å². The van der Waals surface area contributed by atoms with Gasteiger partial charge in [-0.2, -0.15) is 0 Å². The molecular formula is C15H19NO3. The highest BCUT2D eigenvalue weighted by atomic mass is 16.6. The van der Waals surface area contributed by atoms with E-state index in [4.69, 9.17) is 4.74 Å². The van der Waals surface area contributed by atoms with E-state index in [9.17, 15) is 9.59 Å². The zero-order chi connectivity index (χ0) is 14.2. The molecule has 2 rings (SSSR count). The molecule has 0 radical (unpaired) electrons. The van der Waals surface area contributed by atoms with Gasteiger partial charge in [-0.25, -0.2) is 4.79 Å². The molecule has 1 saturated heterocycles. The van der Waals surface area contributed by atoms with E-state index in [-0.39, 0.29) is 17.3 Å². The van der Waals surface area contributed by atoms with E-state index < -0.39 is 12.3 Å². The van der Waals surface area contributed by atoms with E-state index in [1.807, 2.05) is 39.0 Å². The molecule has 0 spiro atoms. The van der Waals surface area contributed by atoms with Crippen molar-refractivity contribution in [2.24, 2.45) is 5.41 Å². The molecule has 4 heteroatoms. The van der Waals surface area contributed by atoms with Gasteiger partial charge in [0.05, 0.1) is 0 Å². The molecule has 1 amide bonds. The average molecular weight is 261 g/mol. The van der Waals surface area contributed by atoms with Gasteiger partial charge in [-0.3, -0.25) is 9.69 Å². The first-order chi connectivity index (χ1) is 8.82. The topological polar surface area (TPSA) is 46.6 Å². The Labute approximate surface area is 113 Å². The van der Waals surface area contributed by atoms with Crippen molar-refractivity contribution in [2.45, 2.75) is 40.0 Å². The lowest BCUT2D eigenvalue weighted by molar-refractivity contribution is -0.147. The number of amides is 1. The third-order valence-electron chi connectivity index (χ3n) is 3.23. The summed E-state index contributed by atoms with van der Waals surface area (Å²) in [7, 11) is 0. The van der Waals surface area contributed by atoms with Crippen LogP contribution in [0.25, 0.3) is 0 Å². The lowest BCUT2D eigenvalue weighted by atomic mass is 9.93. The van der Waals surface area contributed by atoms with Crippen molar-refractivity contribution < 1.29 is 14.3 Å². The highest BCUT2D eigenvalue weighted by molar-refractivity contribution is 5.98. The standard InChI is InChI=1S/C15H19NO3/c1-10-13(18)19-14(15(2,3)4)16(10)12(17)11-8-6-5-7-9-11/h5-10,14H,1-4H3/t10-,14-/m0/s1. The maximum atomic E-state index is 12.6. The first-order valence-electron chi connectivity index (χ1n) is 6.40. The third kappa shape index (κ3) is 2.48. The van der Waals surface area contributed by atoms with Gasteiger partial charge >= 0.3 is 5.97 Å². The van der Waals surface area contributed by atoms with Gasteiger partial charge in [-0.05, 0) is 19.1 Å². The van der Waals surface area contributed by atoms with Crippen LogP contribution in [0.3, 0.4) is 0 Å². The Morgan fingerprint density at radius 3 is 2.32 bits per heavy atom. The van der Waals surface area contributed by atoms with E-state index in [1.54, 1.807) is 19.1 Å². The van der Waals surface area contributed by atoms with Crippen molar-refractivity contribution in [3.63, 3.8) is 0 Å². The first-order valence-corrected chi connectivity index (χ1v) is 6.40. The summed E-state index contributed by atoms with van der Waals surface area (Å²) in [5, 5.41) is 0. The monoisotopic (exact) mass is 261 g/mol. The smallest absolute Gasteiger partial charge is 0.330 e. The van der Waals surface area contributed by atoms with E-state index in [1.165, 1.54) is 4.90 Å². The number of carbonyl (C=O) groups excluding carboxylic acids is 2. The maximum absolute atomic E-state index is 12.6. The molecule has 1 aliphatic heterocycles. The molecule has 1 aromatic carbocycles. The summed E-state index contributed by atoms with van der Waals surface area (Å²) in [6.45, 7) is 7.56. The van der Waals surface area contributed by atoms with Crippen LogP contribution >= 0.6 is 0 Å². The summed E-state index contributed by atoms with van der Waals surface area (Å²) in [4.78, 5) is 25.9. The number of benzene rings is 1. The molecular weight excluding hydrogens is 242 g/mol. The Kier molecular flexibility index (Phi) is 3.35. The predicted molar refractivity (Wildman–Crippen MR) is 71.4 cm³/mol. The number of hydrogen-bond acceptors (Lipinski definition) is 3. The zero-order valence-electron chi connectivity index (χ0n) is 11.7. The fraction of sp³-hybridized carbons (Fsp3) is 0.467. The molecule has 0 aliphatic carbocycles. The molecule has 0 unspecified atom stereocenters. The van der Waals surface area contributed by atoms with E-state index in [0.717, 1.165) is 0 Å². The van der Waals surface area contributed by atoms with Crippen molar-refractivity contribution in [2.75, 3.05) is 0 Å². The van der Waals surface area contributed by atoms with Gasteiger partial charge in [0.1, 0.15) is 6.04 Å². The minimum absolute atomic E-state index is 0.168. The van der Waals surface area contributed by atoms with Gasteiger partial charge in [0.2, 0.25) is 0 Å². The Hall–Kier alpha value is -1.84. The average Bonchev–Trinajstić information content (AvgIpc) is 2.66. The van der Waals surface area contributed by atoms with Crippen molar-refractivity contribution in [1.29, 1.82) is 0 Å². The van der Waals surface area contributed by atoms with Gasteiger partial charge in [-0.1, -0.05) is 39.0 Å². The van der Waals surface area contributed by atoms with Crippen molar-refractivity contribution in [1.82, 2.24) is 4.90 Å². The molecule has 4 nitrogen and oxygen atoms in total. The molecule has 102 valence electrons. The molecule has 0 bridgehead atoms. The van der Waals surface area contributed by atoms with Crippen molar-refractivity contribution in [3.05, 3.63) is 35.9 Å². The molecule has 2 atom stereocenters. The van der Waals surface area contributed by atoms with Crippen LogP contribution in [-0.4, -0.2) is 29.0 Å². The van der Waals surface area contributed by atoms with Gasteiger partial charge < -0.3 is 4.74 Å². The van der Waals surface area contributed by atoms with Crippen LogP contribution in [0.2, 0.25) is 0 Å². The zero-order valence-corrected chi connectivity index (χ0v) is 11.7. The second kappa shape index (κ2) is 4.68. The first kappa shape index (κ1) is 13.6. The van der Waals surface area contributed by atoms with Gasteiger partial charge in [0, 0.05) is 11.0 Å². The minimum atomic E-state index is -0.545. The number of rotatable bonds is 1. The number of ether oxygens (including phenoxy) is 1. The minimum Gasteiger partial charge on any atom is -0.439 e. The van der Waals surface area contributed by atoms with Crippen molar-refractivity contribution in [3.8, 4) is 0 Å². The highest BCUT2D eigenvalue weighted by Crippen LogP contribution is 2.33. The largest absolute Gasteiger partial charge is 0.439 e. The van der Waals surface area contributed by atoms with Crippen LogP contribution in [0.1, 0.15) is 38.1 Å². The maximum Gasteiger partial charge on any atom is 0.330 e. The quantitative estimate of drug-likeness (QED) is 0.729. The number of carbonyl (C=O) groups is 2. The Balaban J connectivity index is 2.35. The van der Waals surface area contributed by atoms with E-state index in [0.29, 0.717) is 5.56 Å². The summed E-state index contributed by atoms with van der Waals surface area (Å²) in [5.41, 5.74) is 0.257. The molecule has 0 saturated carbocycles. The number of esters is 1. The lowest BCUT2D eigenvalue weighted by Crippen LogP contribution is -2.46. The molecule has 1 fully saturated rings. The Morgan fingerprint density at radius 2 is 1.79 bits per heavy atom. The van der Waals surface area contributed by atoms with E-state index >= 15 is 0 Å². The molecule has 0 N–H and O–H groups in total. The van der Waals surface area contributed by atoms with Crippen LogP contribution in [0.5, 0.6) is 0 Å². The van der Waals surface area contributed by atoms with Crippen LogP contribution < -0.4 is 0 Å². The van der Waals surface area contributed by atoms with Crippen molar-refractivity contribution >= 4 is 11.9 Å². The second-order valence-electron chi connectivity index (χ2n) is 5.91. The summed E-state index contributed by atoms with van der Waals surface area (Å²) >= 11 is 0. The van der Waals surface area contributed by atoms with Gasteiger partial charge in [-0.15, -0.1) is 0 Å². The molecule has 1 aromatic rings. The molecule has 0 aromatic heterocycles. The third-order valence-corrected chi connectivity index (χ3v) is 3.23. The van der Waals surface area contributed by atoms with Crippen LogP contribution in [0.15, 0.2) is 30.3 Å². The molecule has 1 aliphatic rings. The Morgan fingerprint density at radius 1 is 1.21 bits per heavy atom. The predicted octanol–water partition coefficient (Wildman–Crippen LogP) is 2.45. The summed E-state index contributed by atoms with van der Waals surface area (Å²) in [6, 6.07) is 8.42. The SMILES string of the molecule is C[C@H]1C(=O)O[C@@H](C(C)(C)C)N1C(=O)c1ccccc1. The van der Waals surface area contributed by atoms with Gasteiger partial charge in [0.25, 0.3) is 5.91 Å². The number of cyclic esters (lactones) is 1. The number of hydrogen-bond donors (Lipinski definition) is 0. The Bertz CT molecular complexity index is 490. The van der Waals surface area contributed by atoms with Gasteiger partial charge in [0.15, 0.2) is 6.23 Å². The summed E-state index contributed by atoms with van der Waals surface area (Å²) in [6.07, 6.45) is -0.525. The molecule has 1 heterocycles. The van der Waals surface area contributed by atoms with Crippen LogP contribution in [-0.2, 0) is 9.53 Å². The fourth-order valence-corrected chi connectivity index (χ4v) is 2.19. The second-order valence-corrected chi connectivity index (χ2v) is 5.91. The van der Waals surface area contributed by atoms with Crippen LogP contribution in [0, 0.1) is 5.41 Å².